The minimum atomic E-state index is -0.465. The highest BCUT2D eigenvalue weighted by molar-refractivity contribution is 6.04. The van der Waals surface area contributed by atoms with Crippen molar-refractivity contribution in [3.05, 3.63) is 150 Å². The highest BCUT2D eigenvalue weighted by Crippen LogP contribution is 2.32. The van der Waals surface area contributed by atoms with Crippen LogP contribution in [0.1, 0.15) is 37.4 Å². The Hall–Kier alpha value is -6.23. The van der Waals surface area contributed by atoms with Crippen LogP contribution in [0.25, 0.3) is 33.5 Å². The lowest BCUT2D eigenvalue weighted by Crippen LogP contribution is -2.35. The van der Waals surface area contributed by atoms with Crippen LogP contribution in [0.5, 0.6) is 5.88 Å². The summed E-state index contributed by atoms with van der Waals surface area (Å²) in [4.78, 5) is 39.0. The smallest absolute Gasteiger partial charge is 0.257 e. The molecule has 6 aromatic rings. The number of rotatable bonds is 9. The van der Waals surface area contributed by atoms with Crippen LogP contribution in [0.4, 0.5) is 5.69 Å². The molecule has 10 heteroatoms. The summed E-state index contributed by atoms with van der Waals surface area (Å²) in [5.74, 6) is -0.0746. The molecule has 3 aromatic heterocycles. The van der Waals surface area contributed by atoms with Crippen LogP contribution < -0.4 is 15.8 Å². The molecule has 0 atom stereocenters. The van der Waals surface area contributed by atoms with Crippen LogP contribution in [0.15, 0.2) is 122 Å². The van der Waals surface area contributed by atoms with Gasteiger partial charge in [0.1, 0.15) is 0 Å². The summed E-state index contributed by atoms with van der Waals surface area (Å²) in [6.45, 7) is 8.41. The zero-order chi connectivity index (χ0) is 37.2. The van der Waals surface area contributed by atoms with E-state index in [1.165, 1.54) is 11.1 Å². The van der Waals surface area contributed by atoms with E-state index >= 15 is 0 Å². The van der Waals surface area contributed by atoms with Gasteiger partial charge in [-0.05, 0) is 95.8 Å². The van der Waals surface area contributed by atoms with E-state index in [1.54, 1.807) is 56.2 Å². The number of carbonyl (C=O) groups is 2. The second kappa shape index (κ2) is 17.3. The molecule has 53 heavy (non-hydrogen) atoms. The van der Waals surface area contributed by atoms with Crippen molar-refractivity contribution in [2.45, 2.75) is 20.4 Å². The van der Waals surface area contributed by atoms with Crippen molar-refractivity contribution in [3.8, 4) is 39.4 Å². The number of pyridine rings is 3. The maximum absolute atomic E-state index is 12.2. The van der Waals surface area contributed by atoms with Gasteiger partial charge in [0, 0.05) is 61.2 Å². The molecule has 10 nitrogen and oxygen atoms in total. The van der Waals surface area contributed by atoms with Crippen molar-refractivity contribution in [2.75, 3.05) is 38.7 Å². The number of amides is 2. The van der Waals surface area contributed by atoms with Crippen LogP contribution in [0.2, 0.25) is 0 Å². The number of hydrogen-bond acceptors (Lipinski definition) is 8. The molecule has 0 spiro atoms. The number of benzene rings is 3. The first-order valence-electron chi connectivity index (χ1n) is 17.4. The molecular formula is C43H42N6O4. The van der Waals surface area contributed by atoms with Crippen molar-refractivity contribution >= 4 is 17.5 Å². The molecule has 1 saturated heterocycles. The van der Waals surface area contributed by atoms with Gasteiger partial charge in [-0.25, -0.2) is 4.98 Å². The fraction of sp³-hybridized carbons (Fsp3) is 0.186. The number of nitrogens with two attached hydrogens (primary N) is 1. The van der Waals surface area contributed by atoms with Crippen molar-refractivity contribution < 1.29 is 19.1 Å². The van der Waals surface area contributed by atoms with Crippen LogP contribution in [0.3, 0.4) is 0 Å². The Morgan fingerprint density at radius 3 is 2.23 bits per heavy atom. The molecule has 1 aliphatic rings. The number of morpholine rings is 1. The van der Waals surface area contributed by atoms with Crippen molar-refractivity contribution in [2.24, 2.45) is 5.73 Å². The third kappa shape index (κ3) is 8.99. The zero-order valence-electron chi connectivity index (χ0n) is 30.1. The second-order valence-electron chi connectivity index (χ2n) is 12.6. The molecule has 4 heterocycles. The van der Waals surface area contributed by atoms with Gasteiger partial charge < -0.3 is 20.5 Å². The lowest BCUT2D eigenvalue weighted by atomic mass is 9.93. The quantitative estimate of drug-likeness (QED) is 0.159. The molecule has 2 amide bonds. The number of aryl methyl sites for hydroxylation is 2. The normalized spacial score (nSPS) is 12.7. The Morgan fingerprint density at radius 1 is 0.792 bits per heavy atom. The molecule has 3 aromatic carbocycles. The third-order valence-corrected chi connectivity index (χ3v) is 9.05. The number of ether oxygens (including phenoxy) is 2. The molecule has 0 unspecified atom stereocenters. The number of carbonyl (C=O) groups excluding carboxylic acids is 2. The largest absolute Gasteiger partial charge is 0.481 e. The molecule has 1 aliphatic heterocycles. The van der Waals surface area contributed by atoms with Gasteiger partial charge in [0.2, 0.25) is 5.88 Å². The topological polar surface area (TPSA) is 133 Å². The minimum absolute atomic E-state index is 0.182. The van der Waals surface area contributed by atoms with Gasteiger partial charge in [0.15, 0.2) is 0 Å². The third-order valence-electron chi connectivity index (χ3n) is 9.05. The average molecular weight is 707 g/mol. The van der Waals surface area contributed by atoms with E-state index in [1.807, 2.05) is 50.2 Å². The van der Waals surface area contributed by atoms with E-state index < -0.39 is 5.91 Å². The molecule has 0 radical (unpaired) electrons. The number of hydrogen-bond donors (Lipinski definition) is 2. The van der Waals surface area contributed by atoms with Crippen molar-refractivity contribution in [1.82, 2.24) is 19.9 Å². The van der Waals surface area contributed by atoms with E-state index in [0.717, 1.165) is 71.9 Å². The minimum Gasteiger partial charge on any atom is -0.481 e. The number of primary amides is 1. The highest BCUT2D eigenvalue weighted by Gasteiger charge is 2.17. The van der Waals surface area contributed by atoms with Gasteiger partial charge in [-0.3, -0.25) is 24.5 Å². The standard InChI is InChI=1S/C24H25N3O2.C19H17N3O2/c1-17-15-18(8-9-20(17)23-22(24(25)28)7-4-10-26-23)21-6-3-2-5-19(21)16-27-11-13-29-14-12-27;1-13-11-14(16-6-4-10-21-19(16)24-2)7-8-17(13)22-18(23)15-5-3-9-20-12-15/h2-10,15H,11-14,16H2,1H3,(H2,25,28);3-12H,1-2H3,(H,22,23). The Kier molecular flexibility index (Phi) is 11.9. The van der Waals surface area contributed by atoms with Gasteiger partial charge in [-0.2, -0.15) is 0 Å². The zero-order valence-corrected chi connectivity index (χ0v) is 30.1. The Balaban J connectivity index is 0.000000185. The van der Waals surface area contributed by atoms with Crippen LogP contribution >= 0.6 is 0 Å². The first-order valence-corrected chi connectivity index (χ1v) is 17.4. The lowest BCUT2D eigenvalue weighted by molar-refractivity contribution is 0.0342. The molecule has 268 valence electrons. The van der Waals surface area contributed by atoms with Crippen LogP contribution in [-0.4, -0.2) is 65.1 Å². The molecule has 3 N–H and O–H groups in total. The van der Waals surface area contributed by atoms with Gasteiger partial charge in [0.05, 0.1) is 37.1 Å². The first-order chi connectivity index (χ1) is 25.8. The summed E-state index contributed by atoms with van der Waals surface area (Å²) < 4.78 is 10.8. The molecule has 0 bridgehead atoms. The fourth-order valence-corrected chi connectivity index (χ4v) is 6.29. The van der Waals surface area contributed by atoms with Gasteiger partial charge in [0.25, 0.3) is 11.8 Å². The predicted octanol–water partition coefficient (Wildman–Crippen LogP) is 7.37. The molecule has 7 rings (SSSR count). The Labute approximate surface area is 309 Å². The van der Waals surface area contributed by atoms with E-state index in [0.29, 0.717) is 22.7 Å². The first kappa shape index (κ1) is 36.6. The predicted molar refractivity (Wildman–Crippen MR) is 208 cm³/mol. The summed E-state index contributed by atoms with van der Waals surface area (Å²) in [6, 6.07) is 31.4. The second-order valence-corrected chi connectivity index (χ2v) is 12.6. The van der Waals surface area contributed by atoms with Gasteiger partial charge in [-0.1, -0.05) is 48.5 Å². The highest BCUT2D eigenvalue weighted by atomic mass is 16.5. The molecule has 0 saturated carbocycles. The Morgan fingerprint density at radius 2 is 1.49 bits per heavy atom. The van der Waals surface area contributed by atoms with Crippen LogP contribution in [0, 0.1) is 13.8 Å². The van der Waals surface area contributed by atoms with Crippen molar-refractivity contribution in [3.63, 3.8) is 0 Å². The fourth-order valence-electron chi connectivity index (χ4n) is 6.29. The number of anilines is 1. The Bertz CT molecular complexity index is 2200. The number of methoxy groups -OCH3 is 1. The maximum atomic E-state index is 12.2. The summed E-state index contributed by atoms with van der Waals surface area (Å²) in [5.41, 5.74) is 16.4. The molecule has 0 aliphatic carbocycles. The number of nitrogens with zero attached hydrogens (tertiary/aromatic N) is 4. The van der Waals surface area contributed by atoms with Gasteiger partial charge >= 0.3 is 0 Å². The summed E-state index contributed by atoms with van der Waals surface area (Å²) in [6.07, 6.45) is 6.56. The molecular weight excluding hydrogens is 665 g/mol. The number of aromatic nitrogens is 3. The summed E-state index contributed by atoms with van der Waals surface area (Å²) in [7, 11) is 1.60. The molecule has 1 fully saturated rings. The lowest BCUT2D eigenvalue weighted by Gasteiger charge is -2.27. The maximum Gasteiger partial charge on any atom is 0.257 e. The van der Waals surface area contributed by atoms with Gasteiger partial charge in [-0.15, -0.1) is 0 Å². The summed E-state index contributed by atoms with van der Waals surface area (Å²) in [5, 5.41) is 2.91. The SMILES string of the molecule is COc1ncccc1-c1ccc(NC(=O)c2cccnc2)c(C)c1.Cc1cc(-c2ccccc2CN2CCOCC2)ccc1-c1ncccc1C(N)=O. The number of nitrogens with one attached hydrogen (secondary N) is 1. The van der Waals surface area contributed by atoms with E-state index in [4.69, 9.17) is 15.2 Å². The average Bonchev–Trinajstić information content (AvgIpc) is 3.20. The van der Waals surface area contributed by atoms with E-state index in [2.05, 4.69) is 61.6 Å². The van der Waals surface area contributed by atoms with E-state index in [-0.39, 0.29) is 5.91 Å². The summed E-state index contributed by atoms with van der Waals surface area (Å²) >= 11 is 0. The van der Waals surface area contributed by atoms with Crippen molar-refractivity contribution in [1.29, 1.82) is 0 Å². The van der Waals surface area contributed by atoms with Crippen LogP contribution in [-0.2, 0) is 11.3 Å². The van der Waals surface area contributed by atoms with E-state index in [9.17, 15) is 9.59 Å². The monoisotopic (exact) mass is 706 g/mol.